The standard InChI is InChI=1S/C15H17N3OS/c16-11-12-10(2-1-7-17-12)20-13(11)14(19)18-8-15(5-6-15)9-3-4-9/h1-2,7,9H,3-6,8,16H2,(H,18,19). The summed E-state index contributed by atoms with van der Waals surface area (Å²) in [4.78, 5) is 17.2. The van der Waals surface area contributed by atoms with E-state index in [1.807, 2.05) is 12.1 Å². The predicted molar refractivity (Wildman–Crippen MR) is 80.8 cm³/mol. The fraction of sp³-hybridized carbons (Fsp3) is 0.467. The Hall–Kier alpha value is -1.62. The predicted octanol–water partition coefficient (Wildman–Crippen LogP) is 2.80. The van der Waals surface area contributed by atoms with Crippen LogP contribution in [-0.4, -0.2) is 17.4 Å². The largest absolute Gasteiger partial charge is 0.396 e. The number of rotatable bonds is 4. The first-order valence-electron chi connectivity index (χ1n) is 7.11. The van der Waals surface area contributed by atoms with Gasteiger partial charge in [-0.2, -0.15) is 0 Å². The highest BCUT2D eigenvalue weighted by Crippen LogP contribution is 2.60. The number of nitrogens with zero attached hydrogens (tertiary/aromatic N) is 1. The summed E-state index contributed by atoms with van der Waals surface area (Å²) in [5.74, 6) is 0.807. The van der Waals surface area contributed by atoms with Crippen molar-refractivity contribution in [3.63, 3.8) is 0 Å². The molecular formula is C15H17N3OS. The molecule has 20 heavy (non-hydrogen) atoms. The SMILES string of the molecule is Nc1c(C(=O)NCC2(C3CC3)CC2)sc2cccnc12. The van der Waals surface area contributed by atoms with E-state index in [4.69, 9.17) is 5.73 Å². The van der Waals surface area contributed by atoms with Crippen molar-refractivity contribution >= 4 is 33.1 Å². The quantitative estimate of drug-likeness (QED) is 0.908. The van der Waals surface area contributed by atoms with E-state index in [0.717, 1.165) is 22.7 Å². The van der Waals surface area contributed by atoms with E-state index in [0.29, 0.717) is 16.0 Å². The van der Waals surface area contributed by atoms with E-state index >= 15 is 0 Å². The van der Waals surface area contributed by atoms with Crippen molar-refractivity contribution in [1.82, 2.24) is 10.3 Å². The lowest BCUT2D eigenvalue weighted by Crippen LogP contribution is -2.31. The molecule has 3 N–H and O–H groups in total. The normalized spacial score (nSPS) is 20.0. The Balaban J connectivity index is 1.53. The van der Waals surface area contributed by atoms with Crippen molar-refractivity contribution in [2.75, 3.05) is 12.3 Å². The fourth-order valence-corrected chi connectivity index (χ4v) is 4.04. The number of nitrogens with two attached hydrogens (primary N) is 1. The number of anilines is 1. The van der Waals surface area contributed by atoms with Crippen LogP contribution in [0.1, 0.15) is 35.4 Å². The maximum absolute atomic E-state index is 12.3. The molecule has 2 heterocycles. The van der Waals surface area contributed by atoms with Gasteiger partial charge in [-0.25, -0.2) is 0 Å². The lowest BCUT2D eigenvalue weighted by molar-refractivity contribution is 0.0947. The van der Waals surface area contributed by atoms with Gasteiger partial charge in [-0.1, -0.05) is 0 Å². The number of hydrogen-bond acceptors (Lipinski definition) is 4. The third kappa shape index (κ3) is 1.88. The molecule has 2 aromatic heterocycles. The molecule has 4 rings (SSSR count). The summed E-state index contributed by atoms with van der Waals surface area (Å²) in [7, 11) is 0. The molecule has 0 aliphatic heterocycles. The minimum Gasteiger partial charge on any atom is -0.396 e. The van der Waals surface area contributed by atoms with Crippen LogP contribution in [0.5, 0.6) is 0 Å². The van der Waals surface area contributed by atoms with E-state index in [1.54, 1.807) is 6.20 Å². The lowest BCUT2D eigenvalue weighted by atomic mass is 10.0. The zero-order valence-electron chi connectivity index (χ0n) is 11.2. The number of hydrogen-bond donors (Lipinski definition) is 2. The summed E-state index contributed by atoms with van der Waals surface area (Å²) in [6.07, 6.45) is 6.91. The highest BCUT2D eigenvalue weighted by molar-refractivity contribution is 7.21. The number of pyridine rings is 1. The Morgan fingerprint density at radius 2 is 2.30 bits per heavy atom. The van der Waals surface area contributed by atoms with E-state index in [2.05, 4.69) is 10.3 Å². The molecule has 0 unspecified atom stereocenters. The van der Waals surface area contributed by atoms with Crippen LogP contribution in [0.25, 0.3) is 10.2 Å². The van der Waals surface area contributed by atoms with Gasteiger partial charge < -0.3 is 11.1 Å². The van der Waals surface area contributed by atoms with Crippen molar-refractivity contribution in [3.8, 4) is 0 Å². The number of carbonyl (C=O) groups excluding carboxylic acids is 1. The smallest absolute Gasteiger partial charge is 0.263 e. The van der Waals surface area contributed by atoms with Gasteiger partial charge >= 0.3 is 0 Å². The summed E-state index contributed by atoms with van der Waals surface area (Å²) in [5.41, 5.74) is 7.73. The Morgan fingerprint density at radius 3 is 2.95 bits per heavy atom. The van der Waals surface area contributed by atoms with Crippen LogP contribution in [0.4, 0.5) is 5.69 Å². The molecule has 104 valence electrons. The van der Waals surface area contributed by atoms with Crippen LogP contribution >= 0.6 is 11.3 Å². The van der Waals surface area contributed by atoms with Crippen LogP contribution in [0.2, 0.25) is 0 Å². The van der Waals surface area contributed by atoms with Gasteiger partial charge in [0.15, 0.2) is 0 Å². The van der Waals surface area contributed by atoms with Gasteiger partial charge in [0.25, 0.3) is 5.91 Å². The lowest BCUT2D eigenvalue weighted by Gasteiger charge is -2.14. The Morgan fingerprint density at radius 1 is 1.50 bits per heavy atom. The average molecular weight is 287 g/mol. The number of nitrogen functional groups attached to an aromatic ring is 1. The first-order chi connectivity index (χ1) is 9.70. The highest BCUT2D eigenvalue weighted by Gasteiger charge is 2.53. The first-order valence-corrected chi connectivity index (χ1v) is 7.92. The summed E-state index contributed by atoms with van der Waals surface area (Å²) >= 11 is 1.43. The van der Waals surface area contributed by atoms with Crippen LogP contribution in [-0.2, 0) is 0 Å². The van der Waals surface area contributed by atoms with E-state index < -0.39 is 0 Å². The van der Waals surface area contributed by atoms with Crippen LogP contribution in [0, 0.1) is 11.3 Å². The van der Waals surface area contributed by atoms with Gasteiger partial charge in [0.2, 0.25) is 0 Å². The minimum atomic E-state index is -0.0441. The van der Waals surface area contributed by atoms with Gasteiger partial charge in [-0.3, -0.25) is 9.78 Å². The number of nitrogens with one attached hydrogen (secondary N) is 1. The molecule has 0 atom stereocenters. The number of carbonyl (C=O) groups is 1. The molecule has 4 nitrogen and oxygen atoms in total. The van der Waals surface area contributed by atoms with Crippen molar-refractivity contribution in [2.45, 2.75) is 25.7 Å². The van der Waals surface area contributed by atoms with E-state index in [-0.39, 0.29) is 5.91 Å². The van der Waals surface area contributed by atoms with E-state index in [9.17, 15) is 4.79 Å². The topological polar surface area (TPSA) is 68.0 Å². The number of amides is 1. The molecular weight excluding hydrogens is 270 g/mol. The second-order valence-electron chi connectivity index (χ2n) is 6.01. The molecule has 0 radical (unpaired) electrons. The summed E-state index contributed by atoms with van der Waals surface area (Å²) in [6.45, 7) is 0.803. The number of thiophene rings is 1. The maximum atomic E-state index is 12.3. The Bertz CT molecular complexity index is 685. The van der Waals surface area contributed by atoms with E-state index in [1.165, 1.54) is 37.0 Å². The maximum Gasteiger partial charge on any atom is 0.263 e. The van der Waals surface area contributed by atoms with Gasteiger partial charge in [-0.05, 0) is 49.1 Å². The highest BCUT2D eigenvalue weighted by atomic mass is 32.1. The van der Waals surface area contributed by atoms with Crippen molar-refractivity contribution in [2.24, 2.45) is 11.3 Å². The van der Waals surface area contributed by atoms with Gasteiger partial charge in [-0.15, -0.1) is 11.3 Å². The zero-order valence-corrected chi connectivity index (χ0v) is 12.0. The molecule has 2 aliphatic carbocycles. The molecule has 0 aromatic carbocycles. The van der Waals surface area contributed by atoms with Crippen LogP contribution in [0.3, 0.4) is 0 Å². The Kier molecular flexibility index (Phi) is 2.54. The molecule has 1 amide bonds. The number of fused-ring (bicyclic) bond motifs is 1. The van der Waals surface area contributed by atoms with Crippen molar-refractivity contribution < 1.29 is 4.79 Å². The van der Waals surface area contributed by atoms with Gasteiger partial charge in [0.05, 0.1) is 10.4 Å². The minimum absolute atomic E-state index is 0.0441. The molecule has 0 spiro atoms. The second kappa shape index (κ2) is 4.19. The molecule has 2 aliphatic rings. The number of aromatic nitrogens is 1. The van der Waals surface area contributed by atoms with Crippen molar-refractivity contribution in [3.05, 3.63) is 23.2 Å². The third-order valence-corrected chi connectivity index (χ3v) is 5.78. The molecule has 0 saturated heterocycles. The molecule has 2 aromatic rings. The molecule has 2 saturated carbocycles. The second-order valence-corrected chi connectivity index (χ2v) is 7.07. The van der Waals surface area contributed by atoms with Crippen LogP contribution < -0.4 is 11.1 Å². The van der Waals surface area contributed by atoms with Crippen molar-refractivity contribution in [1.29, 1.82) is 0 Å². The molecule has 2 fully saturated rings. The summed E-state index contributed by atoms with van der Waals surface area (Å²) < 4.78 is 0.971. The Labute approximate surface area is 121 Å². The van der Waals surface area contributed by atoms with Crippen LogP contribution in [0.15, 0.2) is 18.3 Å². The van der Waals surface area contributed by atoms with Gasteiger partial charge in [0, 0.05) is 12.7 Å². The summed E-state index contributed by atoms with van der Waals surface area (Å²) in [6, 6.07) is 3.82. The summed E-state index contributed by atoms with van der Waals surface area (Å²) in [5, 5.41) is 3.09. The zero-order chi connectivity index (χ0) is 13.7. The fourth-order valence-electron chi connectivity index (χ4n) is 3.04. The van der Waals surface area contributed by atoms with Gasteiger partial charge in [0.1, 0.15) is 10.4 Å². The third-order valence-electron chi connectivity index (χ3n) is 4.63. The monoisotopic (exact) mass is 287 g/mol. The average Bonchev–Trinajstić information content (AvgIpc) is 3.35. The first kappa shape index (κ1) is 12.1. The molecule has 5 heteroatoms. The molecule has 0 bridgehead atoms.